The van der Waals surface area contributed by atoms with Crippen LogP contribution in [0.1, 0.15) is 36.7 Å². The van der Waals surface area contributed by atoms with E-state index in [4.69, 9.17) is 4.74 Å². The molecule has 1 atom stereocenters. The first-order valence-electron chi connectivity index (χ1n) is 8.18. The average molecular weight is 315 g/mol. The molecule has 0 bridgehead atoms. The van der Waals surface area contributed by atoms with Crippen molar-refractivity contribution in [3.63, 3.8) is 0 Å². The normalized spacial score (nSPS) is 18.7. The predicted octanol–water partition coefficient (Wildman–Crippen LogP) is 2.31. The van der Waals surface area contributed by atoms with Gasteiger partial charge in [0.05, 0.1) is 17.9 Å². The van der Waals surface area contributed by atoms with E-state index in [2.05, 4.69) is 22.8 Å². The molecule has 1 heterocycles. The molecule has 0 spiro atoms. The number of nitriles is 1. The summed E-state index contributed by atoms with van der Waals surface area (Å²) in [5, 5.41) is 9.35. The summed E-state index contributed by atoms with van der Waals surface area (Å²) < 4.78 is 5.44. The summed E-state index contributed by atoms with van der Waals surface area (Å²) >= 11 is 0. The fourth-order valence-electron chi connectivity index (χ4n) is 2.98. The Labute approximate surface area is 138 Å². The van der Waals surface area contributed by atoms with Crippen LogP contribution in [0.3, 0.4) is 0 Å². The molecule has 1 saturated heterocycles. The second-order valence-corrected chi connectivity index (χ2v) is 5.93. The second-order valence-electron chi connectivity index (χ2n) is 5.93. The van der Waals surface area contributed by atoms with Gasteiger partial charge in [-0.1, -0.05) is 0 Å². The van der Waals surface area contributed by atoms with E-state index in [9.17, 15) is 10.1 Å². The number of carbonyl (C=O) groups excluding carboxylic acids is 1. The summed E-state index contributed by atoms with van der Waals surface area (Å²) in [4.78, 5) is 16.2. The van der Waals surface area contributed by atoms with Gasteiger partial charge in [0.1, 0.15) is 6.07 Å². The topological polar surface area (TPSA) is 56.6 Å². The van der Waals surface area contributed by atoms with Gasteiger partial charge in [-0.2, -0.15) is 5.26 Å². The highest BCUT2D eigenvalue weighted by Crippen LogP contribution is 2.25. The molecule has 0 amide bonds. The fraction of sp³-hybridized carbons (Fsp3) is 0.556. The smallest absolute Gasteiger partial charge is 0.159 e. The van der Waals surface area contributed by atoms with Crippen LogP contribution < -0.4 is 4.90 Å². The van der Waals surface area contributed by atoms with E-state index < -0.39 is 0 Å². The van der Waals surface area contributed by atoms with Gasteiger partial charge in [0.15, 0.2) is 5.78 Å². The first-order chi connectivity index (χ1) is 11.1. The van der Waals surface area contributed by atoms with E-state index in [-0.39, 0.29) is 5.78 Å². The van der Waals surface area contributed by atoms with Crippen LogP contribution in [0.5, 0.6) is 0 Å². The van der Waals surface area contributed by atoms with Gasteiger partial charge < -0.3 is 9.64 Å². The summed E-state index contributed by atoms with van der Waals surface area (Å²) in [6, 6.07) is 7.95. The van der Waals surface area contributed by atoms with Gasteiger partial charge in [0.2, 0.25) is 0 Å². The van der Waals surface area contributed by atoms with E-state index in [0.29, 0.717) is 17.2 Å². The number of ether oxygens (including phenoxy) is 1. The summed E-state index contributed by atoms with van der Waals surface area (Å²) in [6.45, 7) is 10.8. The highest BCUT2D eigenvalue weighted by atomic mass is 16.5. The molecule has 1 fully saturated rings. The molecule has 0 aliphatic carbocycles. The van der Waals surface area contributed by atoms with Crippen LogP contribution in [0, 0.1) is 11.3 Å². The number of anilines is 1. The van der Waals surface area contributed by atoms with Crippen molar-refractivity contribution in [2.24, 2.45) is 0 Å². The maximum atomic E-state index is 11.6. The Kier molecular flexibility index (Phi) is 6.14. The van der Waals surface area contributed by atoms with Gasteiger partial charge in [0.25, 0.3) is 0 Å². The van der Waals surface area contributed by atoms with E-state index in [1.54, 1.807) is 19.1 Å². The monoisotopic (exact) mass is 315 g/mol. The number of hydrogen-bond acceptors (Lipinski definition) is 5. The zero-order chi connectivity index (χ0) is 16.8. The molecular weight excluding hydrogens is 290 g/mol. The molecule has 0 radical (unpaired) electrons. The molecular formula is C18H25N3O2. The Morgan fingerprint density at radius 3 is 2.83 bits per heavy atom. The lowest BCUT2D eigenvalue weighted by Gasteiger charge is -2.41. The van der Waals surface area contributed by atoms with Crippen molar-refractivity contribution in [2.45, 2.75) is 26.8 Å². The Bertz CT molecular complexity index is 594. The van der Waals surface area contributed by atoms with E-state index in [1.807, 2.05) is 13.0 Å². The number of benzene rings is 1. The lowest BCUT2D eigenvalue weighted by atomic mass is 10.0. The van der Waals surface area contributed by atoms with Crippen LogP contribution in [-0.4, -0.2) is 56.1 Å². The van der Waals surface area contributed by atoms with Crippen molar-refractivity contribution in [2.75, 3.05) is 44.3 Å². The summed E-state index contributed by atoms with van der Waals surface area (Å²) in [5.41, 5.74) is 2.16. The van der Waals surface area contributed by atoms with Crippen molar-refractivity contribution < 1.29 is 9.53 Å². The zero-order valence-electron chi connectivity index (χ0n) is 14.2. The number of Topliss-reactive ketones (excluding diaryl/α,β-unsaturated/α-hetero) is 1. The van der Waals surface area contributed by atoms with Crippen molar-refractivity contribution in [1.29, 1.82) is 5.26 Å². The molecule has 0 N–H and O–H groups in total. The lowest BCUT2D eigenvalue weighted by molar-refractivity contribution is 0.0926. The molecule has 0 aromatic heterocycles. The first-order valence-corrected chi connectivity index (χ1v) is 8.18. The van der Waals surface area contributed by atoms with Crippen molar-refractivity contribution in [3.05, 3.63) is 29.3 Å². The molecule has 0 saturated carbocycles. The van der Waals surface area contributed by atoms with E-state index in [1.165, 1.54) is 0 Å². The predicted molar refractivity (Wildman–Crippen MR) is 90.9 cm³/mol. The van der Waals surface area contributed by atoms with Crippen LogP contribution >= 0.6 is 0 Å². The van der Waals surface area contributed by atoms with Gasteiger partial charge in [-0.15, -0.1) is 0 Å². The molecule has 1 unspecified atom stereocenters. The quantitative estimate of drug-likeness (QED) is 0.595. The molecule has 2 rings (SSSR count). The molecule has 5 nitrogen and oxygen atoms in total. The number of nitrogens with zero attached hydrogens (tertiary/aromatic N) is 3. The van der Waals surface area contributed by atoms with Crippen molar-refractivity contribution >= 4 is 11.5 Å². The molecule has 1 aliphatic rings. The number of ketones is 1. The summed E-state index contributed by atoms with van der Waals surface area (Å²) in [5.74, 6) is 0.0270. The zero-order valence-corrected chi connectivity index (χ0v) is 14.2. The van der Waals surface area contributed by atoms with Gasteiger partial charge >= 0.3 is 0 Å². The standard InChI is InChI=1S/C18H25N3O2/c1-4-23-10-9-20-7-8-21(13-14(20)2)18-11-16(15(3)22)5-6-17(18)12-19/h5-6,11,14H,4,7-10,13H2,1-3H3. The second kappa shape index (κ2) is 8.09. The molecule has 23 heavy (non-hydrogen) atoms. The Morgan fingerprint density at radius 1 is 1.43 bits per heavy atom. The first kappa shape index (κ1) is 17.5. The third-order valence-electron chi connectivity index (χ3n) is 4.36. The largest absolute Gasteiger partial charge is 0.380 e. The van der Waals surface area contributed by atoms with Gasteiger partial charge in [-0.25, -0.2) is 0 Å². The molecule has 124 valence electrons. The third kappa shape index (κ3) is 4.31. The average Bonchev–Trinajstić information content (AvgIpc) is 2.55. The Balaban J connectivity index is 2.10. The SMILES string of the molecule is CCOCCN1CCN(c2cc(C(C)=O)ccc2C#N)CC1C. The third-order valence-corrected chi connectivity index (χ3v) is 4.36. The van der Waals surface area contributed by atoms with Gasteiger partial charge in [-0.3, -0.25) is 9.69 Å². The highest BCUT2D eigenvalue weighted by Gasteiger charge is 2.25. The van der Waals surface area contributed by atoms with Crippen LogP contribution in [0.4, 0.5) is 5.69 Å². The number of rotatable bonds is 6. The highest BCUT2D eigenvalue weighted by molar-refractivity contribution is 5.95. The lowest BCUT2D eigenvalue weighted by Crippen LogP contribution is -2.53. The fourth-order valence-corrected chi connectivity index (χ4v) is 2.98. The maximum absolute atomic E-state index is 11.6. The number of carbonyl (C=O) groups is 1. The van der Waals surface area contributed by atoms with Crippen LogP contribution in [0.15, 0.2) is 18.2 Å². The van der Waals surface area contributed by atoms with E-state index >= 15 is 0 Å². The van der Waals surface area contributed by atoms with Gasteiger partial charge in [0, 0.05) is 44.4 Å². The minimum Gasteiger partial charge on any atom is -0.380 e. The molecule has 1 aromatic rings. The summed E-state index contributed by atoms with van der Waals surface area (Å²) in [7, 11) is 0. The Hall–Kier alpha value is -1.90. The molecule has 5 heteroatoms. The Morgan fingerprint density at radius 2 is 2.22 bits per heavy atom. The maximum Gasteiger partial charge on any atom is 0.159 e. The summed E-state index contributed by atoms with van der Waals surface area (Å²) in [6.07, 6.45) is 0. The van der Waals surface area contributed by atoms with Crippen LogP contribution in [0.25, 0.3) is 0 Å². The van der Waals surface area contributed by atoms with Crippen LogP contribution in [0.2, 0.25) is 0 Å². The number of hydrogen-bond donors (Lipinski definition) is 0. The number of piperazine rings is 1. The van der Waals surface area contributed by atoms with E-state index in [0.717, 1.165) is 45.1 Å². The van der Waals surface area contributed by atoms with Crippen molar-refractivity contribution in [3.8, 4) is 6.07 Å². The van der Waals surface area contributed by atoms with Crippen LogP contribution in [-0.2, 0) is 4.74 Å². The molecule has 1 aromatic carbocycles. The minimum atomic E-state index is 0.0270. The minimum absolute atomic E-state index is 0.0270. The van der Waals surface area contributed by atoms with Crippen molar-refractivity contribution in [1.82, 2.24) is 4.90 Å². The van der Waals surface area contributed by atoms with Gasteiger partial charge in [-0.05, 0) is 39.0 Å². The molecule has 1 aliphatic heterocycles.